The first-order valence-corrected chi connectivity index (χ1v) is 6.72. The molecule has 0 amide bonds. The fraction of sp³-hybridized carbons (Fsp3) is 0.333. The molecule has 1 N–H and O–H groups in total. The normalized spacial score (nSPS) is 16.8. The van der Waals surface area contributed by atoms with Gasteiger partial charge in [-0.2, -0.15) is 0 Å². The minimum absolute atomic E-state index is 0.0212. The molecule has 1 atom stereocenters. The molecule has 5 heteroatoms. The van der Waals surface area contributed by atoms with Gasteiger partial charge in [-0.25, -0.2) is 4.79 Å². The van der Waals surface area contributed by atoms with Crippen LogP contribution >= 0.6 is 0 Å². The molecular weight excluding hydrogens is 254 g/mol. The SMILES string of the molecule is CC[C@H]1c2ccccc2N(C)c2[nH]c(=O)n(C)c(=O)c21. The molecule has 0 unspecified atom stereocenters. The first-order chi connectivity index (χ1) is 9.56. The summed E-state index contributed by atoms with van der Waals surface area (Å²) in [5, 5.41) is 0. The molecule has 0 saturated heterocycles. The van der Waals surface area contributed by atoms with Gasteiger partial charge in [0.25, 0.3) is 5.56 Å². The summed E-state index contributed by atoms with van der Waals surface area (Å²) in [6, 6.07) is 8.01. The number of nitrogens with zero attached hydrogens (tertiary/aromatic N) is 2. The summed E-state index contributed by atoms with van der Waals surface area (Å²) in [5.41, 5.74) is 2.26. The Morgan fingerprint density at radius 3 is 2.60 bits per heavy atom. The van der Waals surface area contributed by atoms with Crippen molar-refractivity contribution in [1.29, 1.82) is 0 Å². The summed E-state index contributed by atoms with van der Waals surface area (Å²) in [5.74, 6) is 0.636. The summed E-state index contributed by atoms with van der Waals surface area (Å²) in [7, 11) is 3.38. The average Bonchev–Trinajstić information content (AvgIpc) is 2.46. The second kappa shape index (κ2) is 4.37. The van der Waals surface area contributed by atoms with Gasteiger partial charge in [0.15, 0.2) is 0 Å². The molecule has 0 saturated carbocycles. The van der Waals surface area contributed by atoms with Crippen molar-refractivity contribution in [1.82, 2.24) is 9.55 Å². The van der Waals surface area contributed by atoms with Crippen molar-refractivity contribution in [2.75, 3.05) is 11.9 Å². The zero-order valence-corrected chi connectivity index (χ0v) is 11.8. The second-order valence-electron chi connectivity index (χ2n) is 5.14. The standard InChI is InChI=1S/C15H17N3O2/c1-4-9-10-7-5-6-8-11(10)17(2)13-12(9)14(19)18(3)15(20)16-13/h5-9H,4H2,1-3H3,(H,16,20)/t9-/m0/s1. The number of para-hydroxylation sites is 1. The van der Waals surface area contributed by atoms with E-state index in [1.807, 2.05) is 36.2 Å². The van der Waals surface area contributed by atoms with Gasteiger partial charge >= 0.3 is 5.69 Å². The highest BCUT2D eigenvalue weighted by molar-refractivity contribution is 5.72. The quantitative estimate of drug-likeness (QED) is 0.858. The van der Waals surface area contributed by atoms with Crippen molar-refractivity contribution in [2.24, 2.45) is 7.05 Å². The van der Waals surface area contributed by atoms with Gasteiger partial charge in [-0.15, -0.1) is 0 Å². The van der Waals surface area contributed by atoms with Crippen LogP contribution in [0.2, 0.25) is 0 Å². The van der Waals surface area contributed by atoms with E-state index in [0.717, 1.165) is 22.2 Å². The topological polar surface area (TPSA) is 58.1 Å². The highest BCUT2D eigenvalue weighted by Crippen LogP contribution is 2.42. The molecule has 5 nitrogen and oxygen atoms in total. The van der Waals surface area contributed by atoms with E-state index in [0.29, 0.717) is 11.4 Å². The maximum atomic E-state index is 12.5. The third-order valence-corrected chi connectivity index (χ3v) is 4.09. The van der Waals surface area contributed by atoms with Gasteiger partial charge in [-0.05, 0) is 18.1 Å². The molecule has 1 aliphatic rings. The summed E-state index contributed by atoms with van der Waals surface area (Å²) in [6.07, 6.45) is 0.819. The van der Waals surface area contributed by atoms with Gasteiger partial charge < -0.3 is 4.90 Å². The Labute approximate surface area is 116 Å². The molecule has 0 fully saturated rings. The molecule has 104 valence electrons. The predicted octanol–water partition coefficient (Wildman–Crippen LogP) is 1.70. The maximum absolute atomic E-state index is 12.5. The van der Waals surface area contributed by atoms with Crippen molar-refractivity contribution in [2.45, 2.75) is 19.3 Å². The minimum Gasteiger partial charge on any atom is -0.330 e. The van der Waals surface area contributed by atoms with Gasteiger partial charge in [-0.3, -0.25) is 14.3 Å². The van der Waals surface area contributed by atoms with E-state index in [1.165, 1.54) is 7.05 Å². The highest BCUT2D eigenvalue weighted by Gasteiger charge is 2.31. The molecule has 0 bridgehead atoms. The number of hydrogen-bond donors (Lipinski definition) is 1. The fourth-order valence-corrected chi connectivity index (χ4v) is 2.99. The zero-order valence-electron chi connectivity index (χ0n) is 11.8. The van der Waals surface area contributed by atoms with Gasteiger partial charge in [-0.1, -0.05) is 25.1 Å². The molecular formula is C15H17N3O2. The van der Waals surface area contributed by atoms with Gasteiger partial charge in [0.05, 0.1) is 5.56 Å². The zero-order chi connectivity index (χ0) is 14.4. The number of H-pyrrole nitrogens is 1. The van der Waals surface area contributed by atoms with E-state index in [2.05, 4.69) is 11.9 Å². The molecule has 0 spiro atoms. The number of rotatable bonds is 1. The average molecular weight is 271 g/mol. The minimum atomic E-state index is -0.380. The van der Waals surface area contributed by atoms with Crippen LogP contribution in [0.15, 0.2) is 33.9 Å². The predicted molar refractivity (Wildman–Crippen MR) is 78.9 cm³/mol. The molecule has 0 aliphatic carbocycles. The number of nitrogens with one attached hydrogen (secondary N) is 1. The molecule has 20 heavy (non-hydrogen) atoms. The first-order valence-electron chi connectivity index (χ1n) is 6.72. The van der Waals surface area contributed by atoms with Crippen LogP contribution in [0.1, 0.15) is 30.4 Å². The van der Waals surface area contributed by atoms with Crippen molar-refractivity contribution in [3.63, 3.8) is 0 Å². The first kappa shape index (κ1) is 12.7. The van der Waals surface area contributed by atoms with Crippen LogP contribution in [0, 0.1) is 0 Å². The number of aromatic amines is 1. The van der Waals surface area contributed by atoms with Crippen molar-refractivity contribution in [3.8, 4) is 0 Å². The molecule has 2 aromatic rings. The number of aromatic nitrogens is 2. The molecule has 1 aromatic heterocycles. The van der Waals surface area contributed by atoms with Gasteiger partial charge in [0, 0.05) is 25.7 Å². The lowest BCUT2D eigenvalue weighted by Crippen LogP contribution is -2.40. The summed E-state index contributed by atoms with van der Waals surface area (Å²) in [4.78, 5) is 29.0. The van der Waals surface area contributed by atoms with Crippen LogP contribution in [0.5, 0.6) is 0 Å². The Morgan fingerprint density at radius 2 is 1.90 bits per heavy atom. The van der Waals surface area contributed by atoms with E-state index in [9.17, 15) is 9.59 Å². The van der Waals surface area contributed by atoms with Crippen LogP contribution in [-0.2, 0) is 7.05 Å². The summed E-state index contributed by atoms with van der Waals surface area (Å²) >= 11 is 0. The Bertz CT molecular complexity index is 788. The third kappa shape index (κ3) is 1.56. The van der Waals surface area contributed by atoms with Crippen molar-refractivity contribution >= 4 is 11.5 Å². The van der Waals surface area contributed by atoms with E-state index in [1.54, 1.807) is 0 Å². The Balaban J connectivity index is 2.40. The monoisotopic (exact) mass is 271 g/mol. The van der Waals surface area contributed by atoms with Crippen molar-refractivity contribution in [3.05, 3.63) is 56.2 Å². The highest BCUT2D eigenvalue weighted by atomic mass is 16.2. The Hall–Kier alpha value is -2.30. The Morgan fingerprint density at radius 1 is 1.20 bits per heavy atom. The fourth-order valence-electron chi connectivity index (χ4n) is 2.99. The molecule has 2 heterocycles. The maximum Gasteiger partial charge on any atom is 0.329 e. The Kier molecular flexibility index (Phi) is 2.78. The number of fused-ring (bicyclic) bond motifs is 2. The third-order valence-electron chi connectivity index (χ3n) is 4.09. The molecule has 1 aliphatic heterocycles. The van der Waals surface area contributed by atoms with Crippen LogP contribution in [-0.4, -0.2) is 16.6 Å². The van der Waals surface area contributed by atoms with E-state index in [4.69, 9.17) is 0 Å². The lowest BCUT2D eigenvalue weighted by Gasteiger charge is -2.33. The summed E-state index contributed by atoms with van der Waals surface area (Å²) in [6.45, 7) is 2.06. The van der Waals surface area contributed by atoms with Gasteiger partial charge in [0.1, 0.15) is 5.82 Å². The largest absolute Gasteiger partial charge is 0.330 e. The van der Waals surface area contributed by atoms with Crippen LogP contribution in [0.3, 0.4) is 0 Å². The summed E-state index contributed by atoms with van der Waals surface area (Å²) < 4.78 is 1.14. The number of anilines is 2. The molecule has 3 rings (SSSR count). The second-order valence-corrected chi connectivity index (χ2v) is 5.14. The lowest BCUT2D eigenvalue weighted by molar-refractivity contribution is 0.686. The molecule has 1 aromatic carbocycles. The van der Waals surface area contributed by atoms with Crippen LogP contribution in [0.25, 0.3) is 0 Å². The number of hydrogen-bond acceptors (Lipinski definition) is 3. The van der Waals surface area contributed by atoms with E-state index in [-0.39, 0.29) is 17.2 Å². The molecule has 0 radical (unpaired) electrons. The van der Waals surface area contributed by atoms with Gasteiger partial charge in [0.2, 0.25) is 0 Å². The lowest BCUT2D eigenvalue weighted by atomic mass is 9.85. The van der Waals surface area contributed by atoms with Crippen molar-refractivity contribution < 1.29 is 0 Å². The number of benzene rings is 1. The van der Waals surface area contributed by atoms with Crippen LogP contribution in [0.4, 0.5) is 11.5 Å². The van der Waals surface area contributed by atoms with Crippen LogP contribution < -0.4 is 16.1 Å². The van der Waals surface area contributed by atoms with E-state index < -0.39 is 0 Å². The van der Waals surface area contributed by atoms with E-state index >= 15 is 0 Å². The smallest absolute Gasteiger partial charge is 0.329 e.